The molecule has 0 fully saturated rings. The van der Waals surface area contributed by atoms with Gasteiger partial charge in [-0.15, -0.1) is 0 Å². The molecule has 0 spiro atoms. The fourth-order valence-corrected chi connectivity index (χ4v) is 3.49. The molecule has 3 rings (SSSR count). The normalized spacial score (nSPS) is 15.8. The monoisotopic (exact) mass is 426 g/mol. The van der Waals surface area contributed by atoms with Gasteiger partial charge in [0.25, 0.3) is 0 Å². The van der Waals surface area contributed by atoms with Crippen LogP contribution in [0.3, 0.4) is 0 Å². The van der Waals surface area contributed by atoms with E-state index in [1.807, 2.05) is 0 Å². The summed E-state index contributed by atoms with van der Waals surface area (Å²) in [6, 6.07) is 12.1. The molecule has 2 amide bonds. The van der Waals surface area contributed by atoms with Crippen molar-refractivity contribution < 1.29 is 28.2 Å². The van der Waals surface area contributed by atoms with E-state index in [1.54, 1.807) is 38.1 Å². The second-order valence-electron chi connectivity index (χ2n) is 6.90. The zero-order chi connectivity index (χ0) is 22.5. The average Bonchev–Trinajstić information content (AvgIpc) is 2.99. The summed E-state index contributed by atoms with van der Waals surface area (Å²) in [5.74, 6) is -2.35. The molecule has 162 valence electrons. The molecule has 2 aromatic carbocycles. The van der Waals surface area contributed by atoms with E-state index in [0.717, 1.165) is 0 Å². The first kappa shape index (κ1) is 22.0. The summed E-state index contributed by atoms with van der Waals surface area (Å²) < 4.78 is 23.5. The molecule has 1 unspecified atom stereocenters. The Bertz CT molecular complexity index is 1020. The summed E-state index contributed by atoms with van der Waals surface area (Å²) in [5.41, 5.74) is 1.42. The molecule has 0 radical (unpaired) electrons. The highest BCUT2D eigenvalue weighted by Gasteiger charge is 2.43. The van der Waals surface area contributed by atoms with Crippen LogP contribution in [0, 0.1) is 11.7 Å². The van der Waals surface area contributed by atoms with Crippen molar-refractivity contribution in [2.45, 2.75) is 20.3 Å². The van der Waals surface area contributed by atoms with Crippen molar-refractivity contribution in [3.8, 4) is 5.75 Å². The molecule has 8 heteroatoms. The highest BCUT2D eigenvalue weighted by atomic mass is 19.1. The minimum Gasteiger partial charge on any atom is -0.497 e. The third-order valence-electron chi connectivity index (χ3n) is 4.94. The molecule has 0 aromatic heterocycles. The van der Waals surface area contributed by atoms with Gasteiger partial charge in [0, 0.05) is 23.5 Å². The first-order valence-corrected chi connectivity index (χ1v) is 9.77. The van der Waals surface area contributed by atoms with Gasteiger partial charge in [-0.3, -0.25) is 14.5 Å². The molecule has 1 aliphatic rings. The van der Waals surface area contributed by atoms with Crippen LogP contribution in [0.15, 0.2) is 59.8 Å². The number of nitrogens with zero attached hydrogens (tertiary/aromatic N) is 1. The molecule has 0 aliphatic carbocycles. The van der Waals surface area contributed by atoms with E-state index < -0.39 is 29.5 Å². The van der Waals surface area contributed by atoms with Crippen molar-refractivity contribution in [2.24, 2.45) is 5.92 Å². The molecular formula is C23H23FN2O5. The van der Waals surface area contributed by atoms with Gasteiger partial charge in [0.1, 0.15) is 11.6 Å². The van der Waals surface area contributed by atoms with Crippen LogP contribution >= 0.6 is 0 Å². The highest BCUT2D eigenvalue weighted by molar-refractivity contribution is 6.12. The number of hydrogen-bond acceptors (Lipinski definition) is 5. The van der Waals surface area contributed by atoms with Gasteiger partial charge in [0.2, 0.25) is 11.8 Å². The second-order valence-corrected chi connectivity index (χ2v) is 6.90. The summed E-state index contributed by atoms with van der Waals surface area (Å²) in [7, 11) is 1.54. The standard InChI is InChI=1S/C23H23FN2O5/c1-4-31-23(29)21-14(2)26(17-9-5-15(24)6-10-17)22(28)19(21)13-20(27)25-16-7-11-18(30-3)12-8-16/h5-12,19H,4,13H2,1-3H3,(H,25,27). The smallest absolute Gasteiger partial charge is 0.336 e. The summed E-state index contributed by atoms with van der Waals surface area (Å²) in [6.07, 6.45) is -0.242. The maximum Gasteiger partial charge on any atom is 0.336 e. The first-order chi connectivity index (χ1) is 14.8. The van der Waals surface area contributed by atoms with Gasteiger partial charge in [-0.2, -0.15) is 0 Å². The number of rotatable bonds is 7. The van der Waals surface area contributed by atoms with E-state index in [9.17, 15) is 18.8 Å². The first-order valence-electron chi connectivity index (χ1n) is 9.77. The third kappa shape index (κ3) is 4.74. The summed E-state index contributed by atoms with van der Waals surface area (Å²) in [4.78, 5) is 39.7. The van der Waals surface area contributed by atoms with Gasteiger partial charge in [0.05, 0.1) is 25.2 Å². The Kier molecular flexibility index (Phi) is 6.69. The van der Waals surface area contributed by atoms with E-state index in [1.165, 1.54) is 36.3 Å². The molecule has 7 nitrogen and oxygen atoms in total. The molecular weight excluding hydrogens is 403 g/mol. The Labute approximate surface area is 179 Å². The van der Waals surface area contributed by atoms with Crippen LogP contribution in [0.5, 0.6) is 5.75 Å². The number of anilines is 2. The van der Waals surface area contributed by atoms with Gasteiger partial charge < -0.3 is 14.8 Å². The van der Waals surface area contributed by atoms with Crippen molar-refractivity contribution in [3.63, 3.8) is 0 Å². The van der Waals surface area contributed by atoms with Crippen molar-refractivity contribution in [3.05, 3.63) is 65.6 Å². The predicted molar refractivity (Wildman–Crippen MR) is 113 cm³/mol. The summed E-state index contributed by atoms with van der Waals surface area (Å²) >= 11 is 0. The number of allylic oxidation sites excluding steroid dienone is 1. The minimum absolute atomic E-state index is 0.126. The van der Waals surface area contributed by atoms with Crippen LogP contribution in [0.2, 0.25) is 0 Å². The molecule has 2 aromatic rings. The van der Waals surface area contributed by atoms with Crippen molar-refractivity contribution in [2.75, 3.05) is 23.9 Å². The molecule has 1 atom stereocenters. The number of carbonyl (C=O) groups excluding carboxylic acids is 3. The Morgan fingerprint density at radius 2 is 1.74 bits per heavy atom. The van der Waals surface area contributed by atoms with E-state index in [0.29, 0.717) is 22.8 Å². The van der Waals surface area contributed by atoms with Crippen LogP contribution in [0.1, 0.15) is 20.3 Å². The lowest BCUT2D eigenvalue weighted by Gasteiger charge is -2.19. The average molecular weight is 426 g/mol. The molecule has 1 heterocycles. The maximum absolute atomic E-state index is 13.3. The van der Waals surface area contributed by atoms with Crippen molar-refractivity contribution >= 4 is 29.2 Å². The van der Waals surface area contributed by atoms with E-state index >= 15 is 0 Å². The van der Waals surface area contributed by atoms with Crippen molar-refractivity contribution in [1.29, 1.82) is 0 Å². The number of carbonyl (C=O) groups is 3. The number of hydrogen-bond donors (Lipinski definition) is 1. The topological polar surface area (TPSA) is 84.9 Å². The van der Waals surface area contributed by atoms with E-state index in [4.69, 9.17) is 9.47 Å². The fourth-order valence-electron chi connectivity index (χ4n) is 3.49. The molecule has 0 bridgehead atoms. The van der Waals surface area contributed by atoms with Gasteiger partial charge >= 0.3 is 5.97 Å². The fraction of sp³-hybridized carbons (Fsp3) is 0.261. The molecule has 0 saturated carbocycles. The zero-order valence-corrected chi connectivity index (χ0v) is 17.5. The second kappa shape index (κ2) is 9.42. The van der Waals surface area contributed by atoms with Gasteiger partial charge in [-0.1, -0.05) is 0 Å². The number of halogens is 1. The number of nitrogens with one attached hydrogen (secondary N) is 1. The zero-order valence-electron chi connectivity index (χ0n) is 17.5. The number of amides is 2. The predicted octanol–water partition coefficient (Wildman–Crippen LogP) is 3.66. The Balaban J connectivity index is 1.85. The van der Waals surface area contributed by atoms with E-state index in [2.05, 4.69) is 5.32 Å². The quantitative estimate of drug-likeness (QED) is 0.683. The van der Waals surface area contributed by atoms with Crippen molar-refractivity contribution in [1.82, 2.24) is 0 Å². The molecule has 1 N–H and O–H groups in total. The van der Waals surface area contributed by atoms with Gasteiger partial charge in [-0.25, -0.2) is 9.18 Å². The van der Waals surface area contributed by atoms with E-state index in [-0.39, 0.29) is 18.6 Å². The third-order valence-corrected chi connectivity index (χ3v) is 4.94. The number of methoxy groups -OCH3 is 1. The highest BCUT2D eigenvalue weighted by Crippen LogP contribution is 2.36. The summed E-state index contributed by atoms with van der Waals surface area (Å²) in [6.45, 7) is 3.40. The number of ether oxygens (including phenoxy) is 2. The van der Waals surface area contributed by atoms with Gasteiger partial charge in [-0.05, 0) is 62.4 Å². The molecule has 0 saturated heterocycles. The Morgan fingerprint density at radius 3 is 2.32 bits per heavy atom. The Hall–Kier alpha value is -3.68. The molecule has 1 aliphatic heterocycles. The van der Waals surface area contributed by atoms with Gasteiger partial charge in [0.15, 0.2) is 0 Å². The maximum atomic E-state index is 13.3. The van der Waals surface area contributed by atoms with Crippen LogP contribution in [0.4, 0.5) is 15.8 Å². The van der Waals surface area contributed by atoms with Crippen LogP contribution in [0.25, 0.3) is 0 Å². The van der Waals surface area contributed by atoms with Crippen LogP contribution < -0.4 is 15.0 Å². The largest absolute Gasteiger partial charge is 0.497 e. The number of esters is 1. The van der Waals surface area contributed by atoms with Crippen LogP contribution in [-0.4, -0.2) is 31.5 Å². The lowest BCUT2D eigenvalue weighted by Crippen LogP contribution is -2.31. The number of benzene rings is 2. The SMILES string of the molecule is CCOC(=O)C1=C(C)N(c2ccc(F)cc2)C(=O)C1CC(=O)Nc1ccc(OC)cc1. The molecule has 31 heavy (non-hydrogen) atoms. The van der Waals surface area contributed by atoms with Crippen LogP contribution in [-0.2, 0) is 19.1 Å². The lowest BCUT2D eigenvalue weighted by molar-refractivity contribution is -0.140. The minimum atomic E-state index is -1.01. The lowest BCUT2D eigenvalue weighted by atomic mass is 9.96. The summed E-state index contributed by atoms with van der Waals surface area (Å²) in [5, 5.41) is 2.72. The Morgan fingerprint density at radius 1 is 1.10 bits per heavy atom.